The summed E-state index contributed by atoms with van der Waals surface area (Å²) in [4.78, 5) is 20.8. The van der Waals surface area contributed by atoms with Crippen LogP contribution in [-0.2, 0) is 0 Å². The highest BCUT2D eigenvalue weighted by Gasteiger charge is 2.16. The summed E-state index contributed by atoms with van der Waals surface area (Å²) in [7, 11) is 0. The summed E-state index contributed by atoms with van der Waals surface area (Å²) >= 11 is 0. The second kappa shape index (κ2) is 8.99. The minimum absolute atomic E-state index is 0.325. The molecule has 0 saturated heterocycles. The van der Waals surface area contributed by atoms with E-state index in [1.807, 2.05) is 12.4 Å². The SMILES string of the molecule is C=CN=Cc1c(C)c2nc(C(C)C)[nH]c2c2ccc(-c3ccc(-c4cnc(C(C)C)[nH]4)cc3)cc12. The minimum atomic E-state index is 0.325. The van der Waals surface area contributed by atoms with Crippen molar-refractivity contribution in [2.45, 2.75) is 46.5 Å². The molecule has 0 fully saturated rings. The third-order valence-corrected chi connectivity index (χ3v) is 6.59. The molecular formula is C30H31N5. The highest BCUT2D eigenvalue weighted by atomic mass is 14.9. The lowest BCUT2D eigenvalue weighted by atomic mass is 9.94. The maximum absolute atomic E-state index is 4.91. The molecule has 3 aromatic carbocycles. The molecule has 0 spiro atoms. The zero-order valence-corrected chi connectivity index (χ0v) is 21.0. The first-order valence-corrected chi connectivity index (χ1v) is 12.1. The van der Waals surface area contributed by atoms with Gasteiger partial charge in [-0.15, -0.1) is 0 Å². The Balaban J connectivity index is 1.63. The van der Waals surface area contributed by atoms with Crippen molar-refractivity contribution in [3.8, 4) is 22.4 Å². The maximum atomic E-state index is 4.91. The predicted octanol–water partition coefficient (Wildman–Crippen LogP) is 7.89. The van der Waals surface area contributed by atoms with Gasteiger partial charge in [-0.05, 0) is 40.6 Å². The zero-order chi connectivity index (χ0) is 24.7. The van der Waals surface area contributed by atoms with E-state index >= 15 is 0 Å². The van der Waals surface area contributed by atoms with Gasteiger partial charge >= 0.3 is 0 Å². The van der Waals surface area contributed by atoms with Crippen LogP contribution in [0.1, 0.15) is 62.3 Å². The van der Waals surface area contributed by atoms with E-state index in [9.17, 15) is 0 Å². The first kappa shape index (κ1) is 22.8. The summed E-state index contributed by atoms with van der Waals surface area (Å²) in [5.74, 6) is 2.71. The van der Waals surface area contributed by atoms with Gasteiger partial charge in [0.2, 0.25) is 0 Å². The molecule has 2 N–H and O–H groups in total. The Hall–Kier alpha value is -3.99. The molecule has 0 aliphatic rings. The number of rotatable bonds is 6. The number of hydrogen-bond acceptors (Lipinski definition) is 3. The molecule has 0 aliphatic carbocycles. The maximum Gasteiger partial charge on any atom is 0.109 e. The van der Waals surface area contributed by atoms with Crippen LogP contribution in [0, 0.1) is 6.92 Å². The quantitative estimate of drug-likeness (QED) is 0.252. The topological polar surface area (TPSA) is 69.7 Å². The number of H-pyrrole nitrogens is 2. The molecule has 0 amide bonds. The van der Waals surface area contributed by atoms with E-state index in [4.69, 9.17) is 4.98 Å². The Labute approximate surface area is 206 Å². The molecule has 0 aliphatic heterocycles. The Morgan fingerprint density at radius 1 is 0.857 bits per heavy atom. The molecule has 0 saturated carbocycles. The molecule has 2 aromatic heterocycles. The molecule has 0 bridgehead atoms. The van der Waals surface area contributed by atoms with Crippen LogP contribution < -0.4 is 0 Å². The standard InChI is InChI=1S/C30H31N5/c1-7-31-15-25-19(6)27-28(35-30(34-27)18(4)5)23-13-12-22(14-24(23)25)20-8-10-21(11-9-20)26-16-32-29(33-26)17(2)3/h7-18H,1H2,2-6H3,(H,32,33)(H,34,35). The minimum Gasteiger partial charge on any atom is -0.342 e. The molecule has 5 aromatic rings. The van der Waals surface area contributed by atoms with Gasteiger partial charge in [0.25, 0.3) is 0 Å². The van der Waals surface area contributed by atoms with Gasteiger partial charge in [0.1, 0.15) is 11.6 Å². The molecule has 0 atom stereocenters. The monoisotopic (exact) mass is 461 g/mol. The highest BCUT2D eigenvalue weighted by molar-refractivity contribution is 6.14. The average Bonchev–Trinajstić information content (AvgIpc) is 3.53. The summed E-state index contributed by atoms with van der Waals surface area (Å²) in [6.07, 6.45) is 5.38. The number of aromatic amines is 2. The fourth-order valence-electron chi connectivity index (χ4n) is 4.54. The fourth-order valence-corrected chi connectivity index (χ4v) is 4.54. The molecule has 176 valence electrons. The van der Waals surface area contributed by atoms with Gasteiger partial charge < -0.3 is 9.97 Å². The van der Waals surface area contributed by atoms with Gasteiger partial charge in [-0.25, -0.2) is 9.97 Å². The van der Waals surface area contributed by atoms with Gasteiger partial charge in [0.05, 0.1) is 22.9 Å². The molecule has 0 radical (unpaired) electrons. The summed E-state index contributed by atoms with van der Waals surface area (Å²) in [6.45, 7) is 14.5. The Bertz CT molecular complexity index is 1560. The van der Waals surface area contributed by atoms with Gasteiger partial charge in [-0.1, -0.05) is 70.7 Å². The van der Waals surface area contributed by atoms with Crippen LogP contribution in [-0.4, -0.2) is 26.2 Å². The molecule has 5 rings (SSSR count). The lowest BCUT2D eigenvalue weighted by Crippen LogP contribution is -1.93. The molecule has 0 unspecified atom stereocenters. The average molecular weight is 462 g/mol. The number of fused-ring (bicyclic) bond motifs is 3. The van der Waals surface area contributed by atoms with Crippen molar-refractivity contribution in [3.05, 3.63) is 84.2 Å². The van der Waals surface area contributed by atoms with Crippen LogP contribution in [0.2, 0.25) is 0 Å². The molecule has 2 heterocycles. The number of aryl methyl sites for hydroxylation is 1. The Morgan fingerprint density at radius 3 is 2.20 bits per heavy atom. The van der Waals surface area contributed by atoms with Crippen molar-refractivity contribution in [2.75, 3.05) is 0 Å². The molecule has 5 heteroatoms. The van der Waals surface area contributed by atoms with Crippen molar-refractivity contribution >= 4 is 28.0 Å². The van der Waals surface area contributed by atoms with Crippen LogP contribution in [0.15, 0.2) is 66.4 Å². The summed E-state index contributed by atoms with van der Waals surface area (Å²) in [6, 6.07) is 15.3. The highest BCUT2D eigenvalue weighted by Crippen LogP contribution is 2.35. The predicted molar refractivity (Wildman–Crippen MR) is 147 cm³/mol. The van der Waals surface area contributed by atoms with Crippen molar-refractivity contribution in [2.24, 2.45) is 4.99 Å². The van der Waals surface area contributed by atoms with Crippen molar-refractivity contribution in [1.29, 1.82) is 0 Å². The number of hydrogen-bond donors (Lipinski definition) is 2. The number of imidazole rings is 2. The van der Waals surface area contributed by atoms with Crippen molar-refractivity contribution < 1.29 is 0 Å². The smallest absolute Gasteiger partial charge is 0.109 e. The normalized spacial score (nSPS) is 12.1. The van der Waals surface area contributed by atoms with Crippen molar-refractivity contribution in [3.63, 3.8) is 0 Å². The first-order chi connectivity index (χ1) is 16.9. The third kappa shape index (κ3) is 4.08. The van der Waals surface area contributed by atoms with Gasteiger partial charge in [0, 0.05) is 35.2 Å². The van der Waals surface area contributed by atoms with E-state index in [0.29, 0.717) is 11.8 Å². The largest absolute Gasteiger partial charge is 0.342 e. The summed E-state index contributed by atoms with van der Waals surface area (Å²) in [5, 5.41) is 2.30. The number of nitrogens with one attached hydrogen (secondary N) is 2. The number of aliphatic imine (C=N–C) groups is 1. The van der Waals surface area contributed by atoms with Crippen LogP contribution in [0.5, 0.6) is 0 Å². The van der Waals surface area contributed by atoms with Crippen LogP contribution in [0.25, 0.3) is 44.2 Å². The summed E-state index contributed by atoms with van der Waals surface area (Å²) < 4.78 is 0. The number of nitrogens with zero attached hydrogens (tertiary/aromatic N) is 3. The van der Waals surface area contributed by atoms with Gasteiger partial charge in [0.15, 0.2) is 0 Å². The van der Waals surface area contributed by atoms with E-state index in [2.05, 4.69) is 104 Å². The van der Waals surface area contributed by atoms with E-state index in [0.717, 1.165) is 67.0 Å². The van der Waals surface area contributed by atoms with E-state index in [1.54, 1.807) is 6.20 Å². The third-order valence-electron chi connectivity index (χ3n) is 6.59. The Morgan fingerprint density at radius 2 is 1.54 bits per heavy atom. The van der Waals surface area contributed by atoms with Crippen LogP contribution >= 0.6 is 0 Å². The molecular weight excluding hydrogens is 430 g/mol. The zero-order valence-electron chi connectivity index (χ0n) is 21.0. The lowest BCUT2D eigenvalue weighted by Gasteiger charge is -2.11. The van der Waals surface area contributed by atoms with Gasteiger partial charge in [-0.3, -0.25) is 4.99 Å². The van der Waals surface area contributed by atoms with Gasteiger partial charge in [-0.2, -0.15) is 0 Å². The molecule has 5 nitrogen and oxygen atoms in total. The van der Waals surface area contributed by atoms with Crippen LogP contribution in [0.4, 0.5) is 0 Å². The van der Waals surface area contributed by atoms with Crippen molar-refractivity contribution in [1.82, 2.24) is 19.9 Å². The lowest BCUT2D eigenvalue weighted by molar-refractivity contribution is 0.795. The second-order valence-corrected chi connectivity index (χ2v) is 9.67. The van der Waals surface area contributed by atoms with E-state index in [1.165, 1.54) is 0 Å². The fraction of sp³-hybridized carbons (Fsp3) is 0.233. The number of aromatic nitrogens is 4. The van der Waals surface area contributed by atoms with E-state index in [-0.39, 0.29) is 0 Å². The summed E-state index contributed by atoms with van der Waals surface area (Å²) in [5.41, 5.74) is 8.77. The Kier molecular flexibility index (Phi) is 5.85. The molecule has 35 heavy (non-hydrogen) atoms. The van der Waals surface area contributed by atoms with Crippen LogP contribution in [0.3, 0.4) is 0 Å². The van der Waals surface area contributed by atoms with E-state index < -0.39 is 0 Å². The first-order valence-electron chi connectivity index (χ1n) is 12.1. The second-order valence-electron chi connectivity index (χ2n) is 9.67. The number of benzene rings is 3.